The molecule has 0 bridgehead atoms. The molecule has 4 heteroatoms. The minimum Gasteiger partial charge on any atom is -0.481 e. The second kappa shape index (κ2) is 6.94. The van der Waals surface area contributed by atoms with E-state index in [4.69, 9.17) is 0 Å². The molecule has 1 amide bonds. The highest BCUT2D eigenvalue weighted by atomic mass is 16.4. The Balaban J connectivity index is 1.52. The highest BCUT2D eigenvalue weighted by Crippen LogP contribution is 2.37. The van der Waals surface area contributed by atoms with Gasteiger partial charge in [0.15, 0.2) is 0 Å². The van der Waals surface area contributed by atoms with E-state index in [9.17, 15) is 14.7 Å². The molecule has 2 aromatic rings. The zero-order valence-corrected chi connectivity index (χ0v) is 14.7. The van der Waals surface area contributed by atoms with Crippen molar-refractivity contribution in [1.82, 2.24) is 4.90 Å². The number of carbonyl (C=O) groups is 2. The van der Waals surface area contributed by atoms with Crippen molar-refractivity contribution in [2.45, 2.75) is 31.1 Å². The second-order valence-corrected chi connectivity index (χ2v) is 7.42. The standard InChI is InChI=1S/C22H23NO3/c24-21(18-11-9-16(10-12-18)15-7-4-8-15)23-13-19(20(14-23)22(25)26)17-5-2-1-3-6-17/h1-3,5-6,9-12,15,19-20H,4,7-8,13-14H2,(H,25,26). The van der Waals surface area contributed by atoms with E-state index in [2.05, 4.69) is 12.1 Å². The predicted molar refractivity (Wildman–Crippen MR) is 99.2 cm³/mol. The summed E-state index contributed by atoms with van der Waals surface area (Å²) in [4.78, 5) is 26.3. The van der Waals surface area contributed by atoms with Gasteiger partial charge in [-0.1, -0.05) is 48.9 Å². The summed E-state index contributed by atoms with van der Waals surface area (Å²) in [5.41, 5.74) is 2.93. The third-order valence-electron chi connectivity index (χ3n) is 5.89. The molecule has 2 unspecified atom stereocenters. The average molecular weight is 349 g/mol. The largest absolute Gasteiger partial charge is 0.481 e. The van der Waals surface area contributed by atoms with E-state index in [0.717, 1.165) is 5.56 Å². The Morgan fingerprint density at radius 3 is 2.15 bits per heavy atom. The summed E-state index contributed by atoms with van der Waals surface area (Å²) in [6, 6.07) is 17.5. The van der Waals surface area contributed by atoms with Gasteiger partial charge >= 0.3 is 5.97 Å². The molecule has 26 heavy (non-hydrogen) atoms. The molecule has 0 radical (unpaired) electrons. The SMILES string of the molecule is O=C(O)C1CN(C(=O)c2ccc(C3CCC3)cc2)CC1c1ccccc1. The number of carboxylic acids is 1. The zero-order chi connectivity index (χ0) is 18.1. The van der Waals surface area contributed by atoms with Crippen LogP contribution in [-0.2, 0) is 4.79 Å². The summed E-state index contributed by atoms with van der Waals surface area (Å²) in [5, 5.41) is 9.61. The smallest absolute Gasteiger partial charge is 0.308 e. The number of aliphatic carboxylic acids is 1. The fourth-order valence-corrected chi connectivity index (χ4v) is 4.08. The first-order chi connectivity index (χ1) is 12.6. The van der Waals surface area contributed by atoms with Gasteiger partial charge in [-0.3, -0.25) is 9.59 Å². The van der Waals surface area contributed by atoms with Gasteiger partial charge in [0, 0.05) is 24.6 Å². The van der Waals surface area contributed by atoms with Crippen LogP contribution in [0.15, 0.2) is 54.6 Å². The predicted octanol–water partition coefficient (Wildman–Crippen LogP) is 3.89. The normalized spacial score (nSPS) is 22.8. The minimum atomic E-state index is -0.838. The summed E-state index contributed by atoms with van der Waals surface area (Å²) in [6.45, 7) is 0.711. The molecule has 1 N–H and O–H groups in total. The van der Waals surface area contributed by atoms with Crippen LogP contribution in [0, 0.1) is 5.92 Å². The third kappa shape index (κ3) is 3.12. The molecular weight excluding hydrogens is 326 g/mol. The topological polar surface area (TPSA) is 57.6 Å². The van der Waals surface area contributed by atoms with E-state index >= 15 is 0 Å². The van der Waals surface area contributed by atoms with E-state index in [1.54, 1.807) is 4.90 Å². The maximum Gasteiger partial charge on any atom is 0.308 e. The Morgan fingerprint density at radius 2 is 1.58 bits per heavy atom. The fourth-order valence-electron chi connectivity index (χ4n) is 4.08. The molecule has 2 aliphatic rings. The number of nitrogens with zero attached hydrogens (tertiary/aromatic N) is 1. The molecule has 0 aromatic heterocycles. The second-order valence-electron chi connectivity index (χ2n) is 7.42. The van der Waals surface area contributed by atoms with Crippen molar-refractivity contribution in [3.63, 3.8) is 0 Å². The van der Waals surface area contributed by atoms with E-state index in [0.29, 0.717) is 18.0 Å². The molecule has 1 saturated carbocycles. The number of likely N-dealkylation sites (tertiary alicyclic amines) is 1. The Labute approximate surface area is 153 Å². The van der Waals surface area contributed by atoms with Gasteiger partial charge in [0.05, 0.1) is 5.92 Å². The summed E-state index contributed by atoms with van der Waals surface area (Å²) < 4.78 is 0. The van der Waals surface area contributed by atoms with Gasteiger partial charge in [0.25, 0.3) is 5.91 Å². The lowest BCUT2D eigenvalue weighted by Crippen LogP contribution is -2.29. The van der Waals surface area contributed by atoms with Gasteiger partial charge in [0.1, 0.15) is 0 Å². The van der Waals surface area contributed by atoms with Gasteiger partial charge in [-0.15, -0.1) is 0 Å². The number of carbonyl (C=O) groups excluding carboxylic acids is 1. The van der Waals surface area contributed by atoms with Crippen LogP contribution in [0.3, 0.4) is 0 Å². The lowest BCUT2D eigenvalue weighted by molar-refractivity contribution is -0.141. The lowest BCUT2D eigenvalue weighted by atomic mass is 9.80. The van der Waals surface area contributed by atoms with Gasteiger partial charge in [0.2, 0.25) is 0 Å². The van der Waals surface area contributed by atoms with Crippen molar-refractivity contribution in [3.8, 4) is 0 Å². The Bertz CT molecular complexity index is 796. The molecule has 4 rings (SSSR count). The summed E-state index contributed by atoms with van der Waals surface area (Å²) >= 11 is 0. The lowest BCUT2D eigenvalue weighted by Gasteiger charge is -2.26. The number of amides is 1. The zero-order valence-electron chi connectivity index (χ0n) is 14.7. The first-order valence-corrected chi connectivity index (χ1v) is 9.30. The van der Waals surface area contributed by atoms with Crippen molar-refractivity contribution in [3.05, 3.63) is 71.3 Å². The van der Waals surface area contributed by atoms with Crippen LogP contribution in [0.2, 0.25) is 0 Å². The van der Waals surface area contributed by atoms with Crippen LogP contribution < -0.4 is 0 Å². The minimum absolute atomic E-state index is 0.0742. The number of hydrogen-bond donors (Lipinski definition) is 1. The van der Waals surface area contributed by atoms with E-state index in [1.165, 1.54) is 24.8 Å². The summed E-state index contributed by atoms with van der Waals surface area (Å²) in [6.07, 6.45) is 3.76. The monoisotopic (exact) mass is 349 g/mol. The quantitative estimate of drug-likeness (QED) is 0.911. The van der Waals surface area contributed by atoms with Gasteiger partial charge in [-0.25, -0.2) is 0 Å². The van der Waals surface area contributed by atoms with Gasteiger partial charge < -0.3 is 10.0 Å². The Hall–Kier alpha value is -2.62. The molecule has 1 aliphatic carbocycles. The highest BCUT2D eigenvalue weighted by Gasteiger charge is 2.40. The molecule has 2 atom stereocenters. The van der Waals surface area contributed by atoms with Crippen LogP contribution in [-0.4, -0.2) is 35.0 Å². The maximum atomic E-state index is 12.9. The van der Waals surface area contributed by atoms with E-state index in [1.807, 2.05) is 42.5 Å². The molecule has 134 valence electrons. The first-order valence-electron chi connectivity index (χ1n) is 9.30. The number of rotatable bonds is 4. The third-order valence-corrected chi connectivity index (χ3v) is 5.89. The number of carboxylic acid groups (broad SMARTS) is 1. The Kier molecular flexibility index (Phi) is 4.49. The van der Waals surface area contributed by atoms with Crippen molar-refractivity contribution in [2.24, 2.45) is 5.92 Å². The van der Waals surface area contributed by atoms with Gasteiger partial charge in [-0.05, 0) is 42.0 Å². The molecule has 1 aliphatic heterocycles. The molecule has 2 fully saturated rings. The van der Waals surface area contributed by atoms with Crippen LogP contribution in [0.4, 0.5) is 0 Å². The van der Waals surface area contributed by atoms with Gasteiger partial charge in [-0.2, -0.15) is 0 Å². The molecule has 1 heterocycles. The Morgan fingerprint density at radius 1 is 0.885 bits per heavy atom. The van der Waals surface area contributed by atoms with Crippen molar-refractivity contribution >= 4 is 11.9 Å². The van der Waals surface area contributed by atoms with Crippen LogP contribution >= 0.6 is 0 Å². The van der Waals surface area contributed by atoms with Crippen LogP contribution in [0.25, 0.3) is 0 Å². The fraction of sp³-hybridized carbons (Fsp3) is 0.364. The molecule has 2 aromatic carbocycles. The molecule has 4 nitrogen and oxygen atoms in total. The maximum absolute atomic E-state index is 12.9. The summed E-state index contributed by atoms with van der Waals surface area (Å²) in [5.74, 6) is -0.989. The van der Waals surface area contributed by atoms with Crippen molar-refractivity contribution in [1.29, 1.82) is 0 Å². The van der Waals surface area contributed by atoms with Crippen LogP contribution in [0.5, 0.6) is 0 Å². The highest BCUT2D eigenvalue weighted by molar-refractivity contribution is 5.95. The molecule has 0 spiro atoms. The summed E-state index contributed by atoms with van der Waals surface area (Å²) in [7, 11) is 0. The van der Waals surface area contributed by atoms with E-state index < -0.39 is 11.9 Å². The number of benzene rings is 2. The number of hydrogen-bond acceptors (Lipinski definition) is 2. The molecular formula is C22H23NO3. The van der Waals surface area contributed by atoms with Crippen molar-refractivity contribution in [2.75, 3.05) is 13.1 Å². The molecule has 1 saturated heterocycles. The van der Waals surface area contributed by atoms with Crippen LogP contribution in [0.1, 0.15) is 52.6 Å². The van der Waals surface area contributed by atoms with Crippen molar-refractivity contribution < 1.29 is 14.7 Å². The van der Waals surface area contributed by atoms with E-state index in [-0.39, 0.29) is 18.4 Å². The first kappa shape index (κ1) is 16.8. The average Bonchev–Trinajstić information content (AvgIpc) is 3.07.